The van der Waals surface area contributed by atoms with Gasteiger partial charge < -0.3 is 5.32 Å². The molecule has 0 aliphatic heterocycles. The molecule has 0 fully saturated rings. The van der Waals surface area contributed by atoms with E-state index in [4.69, 9.17) is 9.15 Å². The standard InChI is InChI=1S/C14H14BrFN6O4S.C2H6/c1-17-27(2,24)6-5-18-12-11(19-26-20-12)13-21-25-14(23)22(13)8-3-4-10(16)9(15)7-8;1-2/h3-4,7H,5-6H2,1-2H3,(H,18,20);1-2H3. The highest BCUT2D eigenvalue weighted by Crippen LogP contribution is 2.26. The Labute approximate surface area is 174 Å². The summed E-state index contributed by atoms with van der Waals surface area (Å²) in [5.41, 5.74) is 0.414. The number of hydrogen-bond acceptors (Lipinski definition) is 9. The van der Waals surface area contributed by atoms with E-state index >= 15 is 0 Å². The molecule has 0 saturated heterocycles. The zero-order chi connectivity index (χ0) is 21.6. The topological polar surface area (TPSA) is 128 Å². The lowest BCUT2D eigenvalue weighted by Crippen LogP contribution is -2.16. The zero-order valence-electron chi connectivity index (χ0n) is 16.2. The van der Waals surface area contributed by atoms with E-state index in [0.29, 0.717) is 5.69 Å². The Hall–Kier alpha value is -2.54. The molecule has 0 bridgehead atoms. The van der Waals surface area contributed by atoms with Crippen LogP contribution in [0.2, 0.25) is 0 Å². The molecule has 10 nitrogen and oxygen atoms in total. The third kappa shape index (κ3) is 5.29. The van der Waals surface area contributed by atoms with Crippen molar-refractivity contribution in [2.45, 2.75) is 13.8 Å². The number of hydrogen-bond donors (Lipinski definition) is 1. The van der Waals surface area contributed by atoms with Crippen LogP contribution < -0.4 is 11.1 Å². The largest absolute Gasteiger partial charge is 0.446 e. The average molecular weight is 491 g/mol. The molecule has 158 valence electrons. The fourth-order valence-corrected chi connectivity index (χ4v) is 3.18. The molecule has 2 heterocycles. The van der Waals surface area contributed by atoms with Crippen LogP contribution in [0.15, 0.2) is 41.0 Å². The first-order chi connectivity index (χ1) is 13.8. The van der Waals surface area contributed by atoms with E-state index < -0.39 is 21.3 Å². The van der Waals surface area contributed by atoms with Crippen molar-refractivity contribution in [3.63, 3.8) is 0 Å². The van der Waals surface area contributed by atoms with E-state index in [1.54, 1.807) is 6.26 Å². The maximum Gasteiger partial charge on any atom is 0.446 e. The van der Waals surface area contributed by atoms with Crippen LogP contribution in [0.4, 0.5) is 10.2 Å². The fraction of sp³-hybridized carbons (Fsp3) is 0.375. The molecule has 1 N–H and O–H groups in total. The second-order valence-electron chi connectivity index (χ2n) is 5.44. The molecule has 1 aromatic carbocycles. The highest BCUT2D eigenvalue weighted by atomic mass is 79.9. The Morgan fingerprint density at radius 2 is 2.03 bits per heavy atom. The highest BCUT2D eigenvalue weighted by molar-refractivity contribution is 9.10. The third-order valence-corrected chi connectivity index (χ3v) is 5.97. The molecule has 2 aromatic heterocycles. The number of halogens is 2. The first-order valence-electron chi connectivity index (χ1n) is 8.51. The first kappa shape index (κ1) is 22.7. The predicted octanol–water partition coefficient (Wildman–Crippen LogP) is 2.94. The maximum atomic E-state index is 13.5. The second-order valence-corrected chi connectivity index (χ2v) is 8.99. The minimum absolute atomic E-state index is 0.0136. The van der Waals surface area contributed by atoms with Crippen molar-refractivity contribution < 1.29 is 17.8 Å². The lowest BCUT2D eigenvalue weighted by atomic mass is 10.3. The zero-order valence-corrected chi connectivity index (χ0v) is 18.6. The molecule has 3 rings (SSSR count). The van der Waals surface area contributed by atoms with E-state index in [-0.39, 0.29) is 34.1 Å². The maximum absolute atomic E-state index is 13.5. The van der Waals surface area contributed by atoms with Crippen molar-refractivity contribution >= 4 is 31.5 Å². The van der Waals surface area contributed by atoms with Gasteiger partial charge in [0.1, 0.15) is 5.82 Å². The van der Waals surface area contributed by atoms with Crippen molar-refractivity contribution in [1.82, 2.24) is 20.0 Å². The van der Waals surface area contributed by atoms with Crippen molar-refractivity contribution in [2.75, 3.05) is 30.9 Å². The highest BCUT2D eigenvalue weighted by Gasteiger charge is 2.23. The SMILES string of the molecule is CC.CN=S(C)(=O)CCNc1nonc1-c1noc(=O)n1-c1ccc(F)c(Br)c1. The van der Waals surface area contributed by atoms with Gasteiger partial charge in [-0.05, 0) is 44.4 Å². The van der Waals surface area contributed by atoms with Crippen LogP contribution >= 0.6 is 15.9 Å². The Morgan fingerprint density at radius 3 is 2.69 bits per heavy atom. The smallest absolute Gasteiger partial charge is 0.364 e. The van der Waals surface area contributed by atoms with Gasteiger partial charge in [-0.15, -0.1) is 0 Å². The van der Waals surface area contributed by atoms with Gasteiger partial charge in [-0.2, -0.15) is 0 Å². The summed E-state index contributed by atoms with van der Waals surface area (Å²) in [7, 11) is -0.816. The van der Waals surface area contributed by atoms with E-state index in [1.165, 1.54) is 25.2 Å². The molecule has 1 unspecified atom stereocenters. The third-order valence-electron chi connectivity index (χ3n) is 3.63. The Morgan fingerprint density at radius 1 is 1.31 bits per heavy atom. The number of nitrogens with zero attached hydrogens (tertiary/aromatic N) is 5. The van der Waals surface area contributed by atoms with Crippen molar-refractivity contribution in [1.29, 1.82) is 0 Å². The van der Waals surface area contributed by atoms with Crippen molar-refractivity contribution in [3.8, 4) is 17.2 Å². The van der Waals surface area contributed by atoms with Crippen LogP contribution in [0, 0.1) is 5.82 Å². The molecule has 1 atom stereocenters. The number of rotatable bonds is 6. The minimum atomic E-state index is -2.30. The number of anilines is 1. The quantitative estimate of drug-likeness (QED) is 0.558. The summed E-state index contributed by atoms with van der Waals surface area (Å²) < 4.78 is 40.0. The lowest BCUT2D eigenvalue weighted by molar-refractivity contribution is 0.309. The average Bonchev–Trinajstić information content (AvgIpc) is 3.32. The van der Waals surface area contributed by atoms with Crippen LogP contribution in [0.25, 0.3) is 17.2 Å². The normalized spacial score (nSPS) is 12.6. The van der Waals surface area contributed by atoms with Gasteiger partial charge in [0.05, 0.1) is 10.2 Å². The molecule has 0 aliphatic rings. The molecular weight excluding hydrogens is 471 g/mol. The van der Waals surface area contributed by atoms with Gasteiger partial charge in [0, 0.05) is 35.3 Å². The molecule has 3 aromatic rings. The van der Waals surface area contributed by atoms with Crippen molar-refractivity contribution in [2.24, 2.45) is 4.36 Å². The Kier molecular flexibility index (Phi) is 7.67. The van der Waals surface area contributed by atoms with E-state index in [9.17, 15) is 13.4 Å². The molecule has 29 heavy (non-hydrogen) atoms. The molecule has 0 aliphatic carbocycles. The minimum Gasteiger partial charge on any atom is -0.364 e. The summed E-state index contributed by atoms with van der Waals surface area (Å²) in [5.74, 6) is -0.811. The molecule has 0 radical (unpaired) electrons. The van der Waals surface area contributed by atoms with Crippen LogP contribution in [-0.4, -0.2) is 49.8 Å². The van der Waals surface area contributed by atoms with Gasteiger partial charge in [0.25, 0.3) is 0 Å². The van der Waals surface area contributed by atoms with Crippen LogP contribution in [-0.2, 0) is 9.73 Å². The summed E-state index contributed by atoms with van der Waals surface area (Å²) in [4.78, 5) is 12.1. The van der Waals surface area contributed by atoms with Crippen LogP contribution in [0.1, 0.15) is 13.8 Å². The summed E-state index contributed by atoms with van der Waals surface area (Å²) in [6, 6.07) is 3.97. The number of benzene rings is 1. The molecule has 0 spiro atoms. The van der Waals surface area contributed by atoms with Crippen LogP contribution in [0.5, 0.6) is 0 Å². The predicted molar refractivity (Wildman–Crippen MR) is 110 cm³/mol. The van der Waals surface area contributed by atoms with Gasteiger partial charge in [0.2, 0.25) is 11.6 Å². The monoisotopic (exact) mass is 490 g/mol. The van der Waals surface area contributed by atoms with Crippen molar-refractivity contribution in [3.05, 3.63) is 39.0 Å². The molecular formula is C16H20BrFN6O4S. The number of nitrogens with one attached hydrogen (secondary N) is 1. The lowest BCUT2D eigenvalue weighted by Gasteiger charge is -2.06. The van der Waals surface area contributed by atoms with Gasteiger partial charge in [-0.1, -0.05) is 19.0 Å². The van der Waals surface area contributed by atoms with Gasteiger partial charge in [-0.25, -0.2) is 27.0 Å². The summed E-state index contributed by atoms with van der Waals surface area (Å²) in [6.45, 7) is 4.28. The van der Waals surface area contributed by atoms with Gasteiger partial charge in [0.15, 0.2) is 5.69 Å². The number of aromatic nitrogens is 4. The van der Waals surface area contributed by atoms with Gasteiger partial charge in [-0.3, -0.25) is 4.52 Å². The van der Waals surface area contributed by atoms with E-state index in [0.717, 1.165) is 4.57 Å². The van der Waals surface area contributed by atoms with E-state index in [2.05, 4.69) is 41.1 Å². The molecule has 0 amide bonds. The Bertz CT molecular complexity index is 1150. The Balaban J connectivity index is 0.00000145. The summed E-state index contributed by atoms with van der Waals surface area (Å²) in [6.07, 6.45) is 1.54. The summed E-state index contributed by atoms with van der Waals surface area (Å²) in [5, 5.41) is 14.1. The fourth-order valence-electron chi connectivity index (χ4n) is 2.15. The van der Waals surface area contributed by atoms with Gasteiger partial charge >= 0.3 is 5.76 Å². The second kappa shape index (κ2) is 9.78. The molecule has 13 heteroatoms. The van der Waals surface area contributed by atoms with Crippen LogP contribution in [0.3, 0.4) is 0 Å². The van der Waals surface area contributed by atoms with E-state index in [1.807, 2.05) is 13.8 Å². The summed E-state index contributed by atoms with van der Waals surface area (Å²) >= 11 is 3.07. The first-order valence-corrected chi connectivity index (χ1v) is 11.4. The molecule has 0 saturated carbocycles.